The number of esters is 1. The normalized spacial score (nSPS) is 10.9. The second-order valence-corrected chi connectivity index (χ2v) is 5.10. The molecule has 1 heterocycles. The molecule has 2 aromatic carbocycles. The number of rotatable bonds is 4. The van der Waals surface area contributed by atoms with Gasteiger partial charge in [0.25, 0.3) is 0 Å². The largest absolute Gasteiger partial charge is 0.423 e. The Morgan fingerprint density at radius 3 is 2.54 bits per heavy atom. The van der Waals surface area contributed by atoms with Crippen LogP contribution in [0.25, 0.3) is 0 Å². The zero-order chi connectivity index (χ0) is 16.9. The Bertz CT molecular complexity index is 930. The molecule has 0 spiro atoms. The second kappa shape index (κ2) is 6.97. The maximum atomic E-state index is 12.8. The average Bonchev–Trinajstić information content (AvgIpc) is 3.00. The molecule has 1 aromatic heterocycles. The quantitative estimate of drug-likeness (QED) is 0.342. The van der Waals surface area contributed by atoms with Gasteiger partial charge >= 0.3 is 5.97 Å². The van der Waals surface area contributed by atoms with E-state index in [1.165, 1.54) is 35.3 Å². The Kier molecular flexibility index (Phi) is 4.57. The van der Waals surface area contributed by atoms with Gasteiger partial charge in [0.2, 0.25) is 4.77 Å². The van der Waals surface area contributed by atoms with Gasteiger partial charge in [-0.2, -0.15) is 14.9 Å². The molecule has 0 saturated carbocycles. The van der Waals surface area contributed by atoms with Gasteiger partial charge in [-0.3, -0.25) is 5.10 Å². The van der Waals surface area contributed by atoms with Crippen LogP contribution in [0, 0.1) is 10.6 Å². The lowest BCUT2D eigenvalue weighted by Crippen LogP contribution is -2.08. The molecule has 0 radical (unpaired) electrons. The summed E-state index contributed by atoms with van der Waals surface area (Å²) in [6.07, 6.45) is 3.05. The Hall–Kier alpha value is -3.13. The van der Waals surface area contributed by atoms with Gasteiger partial charge in [-0.05, 0) is 66.3 Å². The van der Waals surface area contributed by atoms with Crippen LogP contribution in [0.3, 0.4) is 0 Å². The SMILES string of the molecule is O=C(Oc1ccc(/C=N/n2cn[nH]c2=S)cc1)c1ccc(F)cc1. The summed E-state index contributed by atoms with van der Waals surface area (Å²) in [7, 11) is 0. The summed E-state index contributed by atoms with van der Waals surface area (Å²) < 4.78 is 19.9. The minimum Gasteiger partial charge on any atom is -0.423 e. The maximum absolute atomic E-state index is 12.8. The number of nitrogens with one attached hydrogen (secondary N) is 1. The van der Waals surface area contributed by atoms with Crippen LogP contribution < -0.4 is 4.74 Å². The minimum absolute atomic E-state index is 0.274. The van der Waals surface area contributed by atoms with Crippen molar-refractivity contribution in [3.63, 3.8) is 0 Å². The first kappa shape index (κ1) is 15.8. The standard InChI is InChI=1S/C16H11FN4O2S/c17-13-5-3-12(4-6-13)15(22)23-14-7-1-11(2-8-14)9-19-21-10-18-20-16(21)24/h1-10H,(H,20,24)/b19-9+. The van der Waals surface area contributed by atoms with Crippen LogP contribution in [0.5, 0.6) is 5.75 Å². The molecule has 0 unspecified atom stereocenters. The Morgan fingerprint density at radius 1 is 1.21 bits per heavy atom. The van der Waals surface area contributed by atoms with E-state index in [4.69, 9.17) is 17.0 Å². The zero-order valence-corrected chi connectivity index (χ0v) is 13.0. The van der Waals surface area contributed by atoms with Gasteiger partial charge in [0.05, 0.1) is 11.8 Å². The van der Waals surface area contributed by atoms with Crippen molar-refractivity contribution in [2.24, 2.45) is 5.10 Å². The molecule has 0 saturated heterocycles. The molecule has 0 fully saturated rings. The topological polar surface area (TPSA) is 72.3 Å². The molecule has 0 aliphatic rings. The summed E-state index contributed by atoms with van der Waals surface area (Å²) in [5, 5.41) is 10.5. The first-order valence-corrected chi connectivity index (χ1v) is 7.27. The molecule has 1 N–H and O–H groups in total. The number of aromatic amines is 1. The van der Waals surface area contributed by atoms with E-state index in [1.807, 2.05) is 0 Å². The highest BCUT2D eigenvalue weighted by Crippen LogP contribution is 2.14. The van der Waals surface area contributed by atoms with Gasteiger partial charge in [0.15, 0.2) is 0 Å². The Labute approximate surface area is 141 Å². The van der Waals surface area contributed by atoms with Crippen LogP contribution in [0.4, 0.5) is 4.39 Å². The van der Waals surface area contributed by atoms with Crippen LogP contribution in [0.1, 0.15) is 15.9 Å². The Balaban J connectivity index is 1.67. The van der Waals surface area contributed by atoms with E-state index < -0.39 is 11.8 Å². The number of nitrogens with zero attached hydrogens (tertiary/aromatic N) is 3. The third kappa shape index (κ3) is 3.79. The average molecular weight is 342 g/mol. The van der Waals surface area contributed by atoms with Crippen molar-refractivity contribution in [3.8, 4) is 5.75 Å². The number of ether oxygens (including phenoxy) is 1. The number of hydrogen-bond donors (Lipinski definition) is 1. The molecular weight excluding hydrogens is 331 g/mol. The summed E-state index contributed by atoms with van der Waals surface area (Å²) >= 11 is 4.97. The molecule has 8 heteroatoms. The lowest BCUT2D eigenvalue weighted by atomic mass is 10.2. The number of aromatic nitrogens is 3. The third-order valence-corrected chi connectivity index (χ3v) is 3.32. The van der Waals surface area contributed by atoms with Crippen molar-refractivity contribution in [1.82, 2.24) is 14.9 Å². The molecule has 0 atom stereocenters. The molecule has 24 heavy (non-hydrogen) atoms. The monoisotopic (exact) mass is 342 g/mol. The lowest BCUT2D eigenvalue weighted by molar-refractivity contribution is 0.0734. The van der Waals surface area contributed by atoms with Crippen LogP contribution >= 0.6 is 12.2 Å². The van der Waals surface area contributed by atoms with Gasteiger partial charge < -0.3 is 4.74 Å². The van der Waals surface area contributed by atoms with Crippen molar-refractivity contribution in [3.05, 3.63) is 76.6 Å². The van der Waals surface area contributed by atoms with Gasteiger partial charge in [0, 0.05) is 0 Å². The third-order valence-electron chi connectivity index (χ3n) is 3.04. The molecule has 3 rings (SSSR count). The summed E-state index contributed by atoms with van der Waals surface area (Å²) in [4.78, 5) is 11.9. The lowest BCUT2D eigenvalue weighted by Gasteiger charge is -2.04. The van der Waals surface area contributed by atoms with Gasteiger partial charge in [-0.15, -0.1) is 0 Å². The Morgan fingerprint density at radius 2 is 1.92 bits per heavy atom. The fraction of sp³-hybridized carbons (Fsp3) is 0. The minimum atomic E-state index is -0.555. The van der Waals surface area contributed by atoms with Crippen molar-refractivity contribution in [2.75, 3.05) is 0 Å². The van der Waals surface area contributed by atoms with Crippen molar-refractivity contribution >= 4 is 24.4 Å². The predicted octanol–water partition coefficient (Wildman–Crippen LogP) is 3.18. The van der Waals surface area contributed by atoms with Gasteiger partial charge in [-0.1, -0.05) is 0 Å². The number of benzene rings is 2. The summed E-state index contributed by atoms with van der Waals surface area (Å²) in [6, 6.07) is 11.9. The predicted molar refractivity (Wildman–Crippen MR) is 88.2 cm³/mol. The molecular formula is C16H11FN4O2S. The highest BCUT2D eigenvalue weighted by atomic mass is 32.1. The van der Waals surface area contributed by atoms with E-state index in [-0.39, 0.29) is 5.56 Å². The number of carbonyl (C=O) groups is 1. The summed E-state index contributed by atoms with van der Waals surface area (Å²) in [5.74, 6) is -0.588. The fourth-order valence-electron chi connectivity index (χ4n) is 1.83. The number of hydrogen-bond acceptors (Lipinski definition) is 5. The van der Waals surface area contributed by atoms with Crippen LogP contribution in [-0.2, 0) is 0 Å². The van der Waals surface area contributed by atoms with Crippen LogP contribution in [0.15, 0.2) is 60.0 Å². The van der Waals surface area contributed by atoms with Crippen LogP contribution in [-0.4, -0.2) is 27.1 Å². The van der Waals surface area contributed by atoms with Crippen molar-refractivity contribution in [2.45, 2.75) is 0 Å². The summed E-state index contributed by atoms with van der Waals surface area (Å²) in [6.45, 7) is 0. The maximum Gasteiger partial charge on any atom is 0.343 e. The second-order valence-electron chi connectivity index (χ2n) is 4.72. The van der Waals surface area contributed by atoms with E-state index in [9.17, 15) is 9.18 Å². The highest BCUT2D eigenvalue weighted by molar-refractivity contribution is 7.71. The summed E-state index contributed by atoms with van der Waals surface area (Å²) in [5.41, 5.74) is 1.07. The fourth-order valence-corrected chi connectivity index (χ4v) is 1.97. The van der Waals surface area contributed by atoms with E-state index in [0.29, 0.717) is 10.5 Å². The van der Waals surface area contributed by atoms with Gasteiger partial charge in [-0.25, -0.2) is 9.18 Å². The molecule has 3 aromatic rings. The molecule has 120 valence electrons. The highest BCUT2D eigenvalue weighted by Gasteiger charge is 2.08. The van der Waals surface area contributed by atoms with Crippen molar-refractivity contribution < 1.29 is 13.9 Å². The number of H-pyrrole nitrogens is 1. The molecule has 0 aliphatic carbocycles. The van der Waals surface area contributed by atoms with Crippen LogP contribution in [0.2, 0.25) is 0 Å². The first-order valence-electron chi connectivity index (χ1n) is 6.86. The number of halogens is 1. The van der Waals surface area contributed by atoms with Gasteiger partial charge in [0.1, 0.15) is 17.9 Å². The first-order chi connectivity index (χ1) is 11.6. The zero-order valence-electron chi connectivity index (χ0n) is 12.2. The van der Waals surface area contributed by atoms with E-state index in [1.54, 1.807) is 30.5 Å². The van der Waals surface area contributed by atoms with E-state index in [0.717, 1.165) is 5.56 Å². The van der Waals surface area contributed by atoms with Crippen molar-refractivity contribution in [1.29, 1.82) is 0 Å². The molecule has 0 amide bonds. The molecule has 0 bridgehead atoms. The van der Waals surface area contributed by atoms with E-state index >= 15 is 0 Å². The molecule has 6 nitrogen and oxygen atoms in total. The smallest absolute Gasteiger partial charge is 0.343 e. The van der Waals surface area contributed by atoms with E-state index in [2.05, 4.69) is 15.3 Å². The number of carbonyl (C=O) groups excluding carboxylic acids is 1. The molecule has 0 aliphatic heterocycles.